The van der Waals surface area contributed by atoms with Crippen LogP contribution in [0, 0.1) is 19.8 Å². The first-order chi connectivity index (χ1) is 20.6. The van der Waals surface area contributed by atoms with Crippen LogP contribution in [0.2, 0.25) is 0 Å². The van der Waals surface area contributed by atoms with Gasteiger partial charge in [-0.25, -0.2) is 14.8 Å². The number of aryl methyl sites for hydroxylation is 2. The van der Waals surface area contributed by atoms with E-state index in [2.05, 4.69) is 23.8 Å². The molecule has 1 aliphatic rings. The molecule has 43 heavy (non-hydrogen) atoms. The second-order valence-corrected chi connectivity index (χ2v) is 11.5. The highest BCUT2D eigenvalue weighted by Gasteiger charge is 2.49. The Bertz CT molecular complexity index is 1770. The molecule has 0 bridgehead atoms. The standard InChI is InChI=1S/C31H32N4O7S/c1-16(2)12-14-42-20-11-10-19(15-21(20)40-5)25-23(26(36)24-17(3)32-22-9-7-8-13-34(22)24)27(37)29(38)35(25)31-33-18(4)28(43-31)30(39)41-6/h7-11,13,15-16,25,36H,12,14H2,1-6H3/b26-23+. The zero-order valence-electron chi connectivity index (χ0n) is 24.7. The van der Waals surface area contributed by atoms with E-state index in [-0.39, 0.29) is 27.0 Å². The molecule has 1 aromatic carbocycles. The van der Waals surface area contributed by atoms with Gasteiger partial charge in [0, 0.05) is 6.20 Å². The number of esters is 1. The minimum Gasteiger partial charge on any atom is -0.505 e. The van der Waals surface area contributed by atoms with Crippen molar-refractivity contribution >= 4 is 45.5 Å². The minimum atomic E-state index is -1.11. The molecular weight excluding hydrogens is 572 g/mol. The lowest BCUT2D eigenvalue weighted by Gasteiger charge is -2.24. The summed E-state index contributed by atoms with van der Waals surface area (Å²) in [5.41, 5.74) is 1.98. The molecular formula is C31H32N4O7S. The third-order valence-corrected chi connectivity index (χ3v) is 8.33. The summed E-state index contributed by atoms with van der Waals surface area (Å²) >= 11 is 0.927. The molecule has 1 fully saturated rings. The monoisotopic (exact) mass is 604 g/mol. The maximum absolute atomic E-state index is 13.8. The van der Waals surface area contributed by atoms with Crippen molar-refractivity contribution in [2.75, 3.05) is 25.7 Å². The molecule has 4 aromatic rings. The number of carbonyl (C=O) groups is 3. The summed E-state index contributed by atoms with van der Waals surface area (Å²) in [5, 5.41) is 11.9. The van der Waals surface area contributed by atoms with Crippen molar-refractivity contribution in [1.29, 1.82) is 0 Å². The molecule has 1 amide bonds. The number of aliphatic hydroxyl groups is 1. The Hall–Kier alpha value is -4.71. The number of rotatable bonds is 9. The maximum Gasteiger partial charge on any atom is 0.350 e. The van der Waals surface area contributed by atoms with E-state index in [0.717, 1.165) is 17.8 Å². The predicted octanol–water partition coefficient (Wildman–Crippen LogP) is 5.25. The van der Waals surface area contributed by atoms with Gasteiger partial charge in [-0.15, -0.1) is 0 Å². The van der Waals surface area contributed by atoms with Crippen LogP contribution in [0.25, 0.3) is 11.4 Å². The number of ether oxygens (including phenoxy) is 3. The van der Waals surface area contributed by atoms with E-state index in [9.17, 15) is 19.5 Å². The van der Waals surface area contributed by atoms with Gasteiger partial charge in [-0.05, 0) is 56.0 Å². The van der Waals surface area contributed by atoms with E-state index in [1.54, 1.807) is 54.8 Å². The number of methoxy groups -OCH3 is 2. The fourth-order valence-corrected chi connectivity index (χ4v) is 6.03. The molecule has 1 atom stereocenters. The molecule has 1 saturated heterocycles. The van der Waals surface area contributed by atoms with Crippen LogP contribution < -0.4 is 14.4 Å². The van der Waals surface area contributed by atoms with Crippen LogP contribution in [-0.4, -0.2) is 58.0 Å². The normalized spacial score (nSPS) is 16.3. The van der Waals surface area contributed by atoms with Gasteiger partial charge in [0.15, 0.2) is 22.4 Å². The molecule has 3 aromatic heterocycles. The number of hydrogen-bond donors (Lipinski definition) is 1. The quantitative estimate of drug-likeness (QED) is 0.118. The average Bonchev–Trinajstić information content (AvgIpc) is 3.62. The number of thiazole rings is 1. The highest BCUT2D eigenvalue weighted by atomic mass is 32.1. The van der Waals surface area contributed by atoms with Gasteiger partial charge in [0.1, 0.15) is 16.2 Å². The number of fused-ring (bicyclic) bond motifs is 1. The number of anilines is 1. The Kier molecular flexibility index (Phi) is 8.23. The number of carbonyl (C=O) groups excluding carboxylic acids is 3. The van der Waals surface area contributed by atoms with E-state index in [4.69, 9.17) is 14.2 Å². The molecule has 224 valence electrons. The first-order valence-corrected chi connectivity index (χ1v) is 14.5. The lowest BCUT2D eigenvalue weighted by molar-refractivity contribution is -0.132. The minimum absolute atomic E-state index is 0.107. The Morgan fingerprint density at radius 2 is 1.84 bits per heavy atom. The molecule has 5 rings (SSSR count). The van der Waals surface area contributed by atoms with Crippen LogP contribution in [0.4, 0.5) is 5.13 Å². The zero-order chi connectivity index (χ0) is 31.0. The van der Waals surface area contributed by atoms with Crippen molar-refractivity contribution in [2.45, 2.75) is 40.2 Å². The van der Waals surface area contributed by atoms with E-state index in [1.807, 2.05) is 6.07 Å². The predicted molar refractivity (Wildman–Crippen MR) is 161 cm³/mol. The maximum atomic E-state index is 13.8. The van der Waals surface area contributed by atoms with Crippen molar-refractivity contribution in [1.82, 2.24) is 14.4 Å². The smallest absolute Gasteiger partial charge is 0.350 e. The number of aromatic nitrogens is 3. The van der Waals surface area contributed by atoms with E-state index in [0.29, 0.717) is 46.6 Å². The van der Waals surface area contributed by atoms with E-state index < -0.39 is 23.7 Å². The first-order valence-electron chi connectivity index (χ1n) is 13.7. The van der Waals surface area contributed by atoms with Crippen molar-refractivity contribution in [3.63, 3.8) is 0 Å². The fraction of sp³-hybridized carbons (Fsp3) is 0.323. The summed E-state index contributed by atoms with van der Waals surface area (Å²) < 4.78 is 18.1. The van der Waals surface area contributed by atoms with Crippen LogP contribution in [0.3, 0.4) is 0 Å². The number of ketones is 1. The van der Waals surface area contributed by atoms with Crippen LogP contribution in [0.15, 0.2) is 48.2 Å². The first kappa shape index (κ1) is 29.8. The second kappa shape index (κ2) is 11.9. The molecule has 1 unspecified atom stereocenters. The topological polar surface area (TPSA) is 133 Å². The molecule has 4 heterocycles. The summed E-state index contributed by atoms with van der Waals surface area (Å²) in [6.07, 6.45) is 2.56. The van der Waals surface area contributed by atoms with Crippen molar-refractivity contribution in [2.24, 2.45) is 5.92 Å². The van der Waals surface area contributed by atoms with E-state index >= 15 is 0 Å². The van der Waals surface area contributed by atoms with Gasteiger partial charge >= 0.3 is 11.9 Å². The molecule has 0 spiro atoms. The summed E-state index contributed by atoms with van der Waals surface area (Å²) in [6.45, 7) is 8.01. The molecule has 12 heteroatoms. The summed E-state index contributed by atoms with van der Waals surface area (Å²) in [5.74, 6) is -1.47. The summed E-state index contributed by atoms with van der Waals surface area (Å²) in [7, 11) is 2.75. The van der Waals surface area contributed by atoms with Gasteiger partial charge in [0.25, 0.3) is 5.78 Å². The highest BCUT2D eigenvalue weighted by molar-refractivity contribution is 7.17. The number of benzene rings is 1. The molecule has 0 aliphatic carbocycles. The SMILES string of the molecule is COC(=O)c1sc(N2C(=O)C(=O)/C(=C(/O)c3c(C)nc4ccccn34)C2c2ccc(OCCC(C)C)c(OC)c2)nc1C. The number of hydrogen-bond acceptors (Lipinski definition) is 10. The third-order valence-electron chi connectivity index (χ3n) is 7.19. The number of pyridine rings is 1. The number of nitrogens with zero attached hydrogens (tertiary/aromatic N) is 4. The Balaban J connectivity index is 1.71. The van der Waals surface area contributed by atoms with Gasteiger partial charge in [0.05, 0.1) is 43.8 Å². The van der Waals surface area contributed by atoms with Crippen LogP contribution in [0.5, 0.6) is 11.5 Å². The van der Waals surface area contributed by atoms with Gasteiger partial charge in [-0.3, -0.25) is 18.9 Å². The zero-order valence-corrected chi connectivity index (χ0v) is 25.5. The van der Waals surface area contributed by atoms with Crippen LogP contribution in [-0.2, 0) is 14.3 Å². The number of amides is 1. The van der Waals surface area contributed by atoms with Gasteiger partial charge in [0.2, 0.25) is 0 Å². The van der Waals surface area contributed by atoms with Gasteiger partial charge < -0.3 is 19.3 Å². The molecule has 1 aliphatic heterocycles. The summed E-state index contributed by atoms with van der Waals surface area (Å²) in [4.78, 5) is 50.2. The number of imidazole rings is 1. The molecule has 11 nitrogen and oxygen atoms in total. The summed E-state index contributed by atoms with van der Waals surface area (Å²) in [6, 6.07) is 9.35. The van der Waals surface area contributed by atoms with Crippen LogP contribution in [0.1, 0.15) is 58.6 Å². The Morgan fingerprint density at radius 1 is 1.07 bits per heavy atom. The van der Waals surface area contributed by atoms with Crippen molar-refractivity contribution < 1.29 is 33.7 Å². The fourth-order valence-electron chi connectivity index (χ4n) is 5.02. The largest absolute Gasteiger partial charge is 0.505 e. The second-order valence-electron chi connectivity index (χ2n) is 10.5. The van der Waals surface area contributed by atoms with Gasteiger partial charge in [-0.1, -0.05) is 37.3 Å². The van der Waals surface area contributed by atoms with Crippen LogP contribution >= 0.6 is 11.3 Å². The lowest BCUT2D eigenvalue weighted by Crippen LogP contribution is -2.29. The average molecular weight is 605 g/mol. The molecule has 0 saturated carbocycles. The highest BCUT2D eigenvalue weighted by Crippen LogP contribution is 2.46. The van der Waals surface area contributed by atoms with Gasteiger partial charge in [-0.2, -0.15) is 0 Å². The van der Waals surface area contributed by atoms with Crippen molar-refractivity contribution in [3.8, 4) is 11.5 Å². The third kappa shape index (κ3) is 5.34. The molecule has 1 N–H and O–H groups in total. The Morgan fingerprint density at radius 3 is 2.53 bits per heavy atom. The number of aliphatic hydroxyl groups excluding tert-OH is 1. The number of Topliss-reactive ketones (excluding diaryl/α,β-unsaturated/α-hetero) is 1. The van der Waals surface area contributed by atoms with E-state index in [1.165, 1.54) is 19.1 Å². The molecule has 0 radical (unpaired) electrons. The van der Waals surface area contributed by atoms with Crippen molar-refractivity contribution in [3.05, 3.63) is 75.7 Å². The lowest BCUT2D eigenvalue weighted by atomic mass is 9.96. The Labute approximate surface area is 252 Å².